The van der Waals surface area contributed by atoms with E-state index in [1.54, 1.807) is 6.92 Å². The second-order valence-corrected chi connectivity index (χ2v) is 8.47. The minimum absolute atomic E-state index is 0.0104. The van der Waals surface area contributed by atoms with Gasteiger partial charge in [0.2, 0.25) is 0 Å². The fourth-order valence-corrected chi connectivity index (χ4v) is 4.39. The second-order valence-electron chi connectivity index (χ2n) is 8.04. The first-order chi connectivity index (χ1) is 17.7. The van der Waals surface area contributed by atoms with Crippen LogP contribution in [0.25, 0.3) is 16.7 Å². The molecule has 5 rings (SSSR count). The van der Waals surface area contributed by atoms with E-state index in [1.807, 2.05) is 0 Å². The number of methoxy groups -OCH3 is 2. The maximum Gasteiger partial charge on any atom is 0.337 e. The Labute approximate surface area is 213 Å². The number of ether oxygens (including phenoxy) is 2. The molecule has 2 aromatic heterocycles. The molecule has 0 fully saturated rings. The number of nitrogens with zero attached hydrogens (tertiary/aromatic N) is 4. The summed E-state index contributed by atoms with van der Waals surface area (Å²) in [6, 6.07) is 7.77. The standard InChI is InChI=1S/C25H16ClFN4O6/c1-11-19-20-16(10-28-21(19)31(29-11)18-5-4-14(26)9-17(18)27)22(32)30(23(20)33)15-7-12(24(34)36-2)6-13(8-15)25(35)37-3/h4-10H,1-3H3. The predicted octanol–water partition coefficient (Wildman–Crippen LogP) is 3.90. The molecule has 0 spiro atoms. The van der Waals surface area contributed by atoms with Crippen LogP contribution >= 0.6 is 11.6 Å². The van der Waals surface area contributed by atoms with Crippen molar-refractivity contribution in [3.05, 3.63) is 81.4 Å². The first-order valence-electron chi connectivity index (χ1n) is 10.7. The van der Waals surface area contributed by atoms with Gasteiger partial charge in [0.05, 0.1) is 53.2 Å². The lowest BCUT2D eigenvalue weighted by atomic mass is 10.1. The van der Waals surface area contributed by atoms with Gasteiger partial charge in [-0.15, -0.1) is 0 Å². The summed E-state index contributed by atoms with van der Waals surface area (Å²) in [5.41, 5.74) is 0.351. The van der Waals surface area contributed by atoms with Gasteiger partial charge in [-0.1, -0.05) is 11.6 Å². The predicted molar refractivity (Wildman–Crippen MR) is 129 cm³/mol. The number of esters is 2. The smallest absolute Gasteiger partial charge is 0.337 e. The van der Waals surface area contributed by atoms with Crippen molar-refractivity contribution in [3.63, 3.8) is 0 Å². The number of imide groups is 1. The van der Waals surface area contributed by atoms with Crippen LogP contribution in [0.1, 0.15) is 47.1 Å². The number of aromatic nitrogens is 3. The van der Waals surface area contributed by atoms with E-state index in [4.69, 9.17) is 21.1 Å². The molecule has 0 N–H and O–H groups in total. The Morgan fingerprint density at radius 3 is 2.22 bits per heavy atom. The molecule has 0 radical (unpaired) electrons. The molecule has 0 saturated carbocycles. The highest BCUT2D eigenvalue weighted by Gasteiger charge is 2.40. The highest BCUT2D eigenvalue weighted by molar-refractivity contribution is 6.37. The molecule has 0 saturated heterocycles. The summed E-state index contributed by atoms with van der Waals surface area (Å²) in [4.78, 5) is 56.5. The molecule has 0 atom stereocenters. The van der Waals surface area contributed by atoms with Gasteiger partial charge in [-0.25, -0.2) is 28.5 Å². The van der Waals surface area contributed by atoms with Gasteiger partial charge in [-0.05, 0) is 43.3 Å². The number of aryl methyl sites for hydroxylation is 1. The van der Waals surface area contributed by atoms with Crippen LogP contribution in [0.2, 0.25) is 5.02 Å². The van der Waals surface area contributed by atoms with Crippen molar-refractivity contribution in [3.8, 4) is 5.69 Å². The third kappa shape index (κ3) is 3.71. The molecule has 37 heavy (non-hydrogen) atoms. The molecule has 186 valence electrons. The summed E-state index contributed by atoms with van der Waals surface area (Å²) < 4.78 is 25.3. The minimum Gasteiger partial charge on any atom is -0.465 e. The van der Waals surface area contributed by atoms with Crippen molar-refractivity contribution in [2.24, 2.45) is 0 Å². The number of benzene rings is 2. The quantitative estimate of drug-likeness (QED) is 0.292. The minimum atomic E-state index is -0.783. The summed E-state index contributed by atoms with van der Waals surface area (Å²) in [6.45, 7) is 1.60. The van der Waals surface area contributed by atoms with Crippen molar-refractivity contribution in [2.45, 2.75) is 6.92 Å². The molecular weight excluding hydrogens is 507 g/mol. The van der Waals surface area contributed by atoms with E-state index in [0.29, 0.717) is 5.69 Å². The Kier molecular flexibility index (Phi) is 5.72. The van der Waals surface area contributed by atoms with Gasteiger partial charge >= 0.3 is 11.9 Å². The third-order valence-corrected chi connectivity index (χ3v) is 6.11. The van der Waals surface area contributed by atoms with Gasteiger partial charge in [0, 0.05) is 11.2 Å². The molecule has 0 unspecified atom stereocenters. The van der Waals surface area contributed by atoms with E-state index in [2.05, 4.69) is 10.1 Å². The molecule has 4 aromatic rings. The first kappa shape index (κ1) is 24.1. The van der Waals surface area contributed by atoms with E-state index < -0.39 is 29.6 Å². The van der Waals surface area contributed by atoms with E-state index in [9.17, 15) is 23.6 Å². The summed E-state index contributed by atoms with van der Waals surface area (Å²) in [5.74, 6) is -3.68. The molecule has 1 aliphatic rings. The normalized spacial score (nSPS) is 12.7. The van der Waals surface area contributed by atoms with Gasteiger partial charge in [0.1, 0.15) is 11.5 Å². The van der Waals surface area contributed by atoms with Gasteiger partial charge in [-0.2, -0.15) is 5.10 Å². The molecule has 2 amide bonds. The summed E-state index contributed by atoms with van der Waals surface area (Å²) in [7, 11) is 2.31. The number of carbonyl (C=O) groups is 4. The number of hydrogen-bond acceptors (Lipinski definition) is 8. The molecule has 0 bridgehead atoms. The van der Waals surface area contributed by atoms with Crippen molar-refractivity contribution < 1.29 is 33.0 Å². The highest BCUT2D eigenvalue weighted by atomic mass is 35.5. The Morgan fingerprint density at radius 1 is 0.973 bits per heavy atom. The Balaban J connectivity index is 1.68. The van der Waals surface area contributed by atoms with Crippen LogP contribution < -0.4 is 4.90 Å². The zero-order chi connectivity index (χ0) is 26.6. The topological polar surface area (TPSA) is 121 Å². The summed E-state index contributed by atoms with van der Waals surface area (Å²) in [6.07, 6.45) is 1.20. The molecule has 1 aliphatic heterocycles. The molecular formula is C25H16ClFN4O6. The maximum atomic E-state index is 14.7. The van der Waals surface area contributed by atoms with Crippen LogP contribution in [0.3, 0.4) is 0 Å². The van der Waals surface area contributed by atoms with Crippen molar-refractivity contribution >= 4 is 52.1 Å². The van der Waals surface area contributed by atoms with Crippen LogP contribution in [0.5, 0.6) is 0 Å². The Bertz CT molecular complexity index is 1650. The number of amides is 2. The number of rotatable bonds is 4. The monoisotopic (exact) mass is 522 g/mol. The first-order valence-corrected chi connectivity index (χ1v) is 11.1. The summed E-state index contributed by atoms with van der Waals surface area (Å²) >= 11 is 5.86. The SMILES string of the molecule is COC(=O)c1cc(C(=O)OC)cc(N2C(=O)c3cnc4c(c(C)nn4-c4ccc(Cl)cc4F)c3C2=O)c1. The average Bonchev–Trinajstić information content (AvgIpc) is 3.35. The number of halogens is 2. The van der Waals surface area contributed by atoms with E-state index >= 15 is 0 Å². The molecule has 10 nitrogen and oxygen atoms in total. The van der Waals surface area contributed by atoms with Gasteiger partial charge in [-0.3, -0.25) is 9.59 Å². The van der Waals surface area contributed by atoms with E-state index in [1.165, 1.54) is 41.2 Å². The summed E-state index contributed by atoms with van der Waals surface area (Å²) in [5, 5.41) is 4.80. The third-order valence-electron chi connectivity index (χ3n) is 5.88. The highest BCUT2D eigenvalue weighted by Crippen LogP contribution is 2.35. The fourth-order valence-electron chi connectivity index (χ4n) is 4.23. The molecule has 2 aromatic carbocycles. The number of fused-ring (bicyclic) bond motifs is 3. The Hall–Kier alpha value is -4.64. The molecule has 3 heterocycles. The lowest BCUT2D eigenvalue weighted by Gasteiger charge is -2.16. The zero-order valence-electron chi connectivity index (χ0n) is 19.5. The van der Waals surface area contributed by atoms with Gasteiger partial charge in [0.25, 0.3) is 11.8 Å². The number of hydrogen-bond donors (Lipinski definition) is 0. The van der Waals surface area contributed by atoms with Crippen LogP contribution in [-0.2, 0) is 9.47 Å². The van der Waals surface area contributed by atoms with Crippen LogP contribution in [-0.4, -0.2) is 52.7 Å². The second kappa shape index (κ2) is 8.79. The van der Waals surface area contributed by atoms with Crippen molar-refractivity contribution in [2.75, 3.05) is 19.1 Å². The zero-order valence-corrected chi connectivity index (χ0v) is 20.3. The number of anilines is 1. The van der Waals surface area contributed by atoms with Gasteiger partial charge in [0.15, 0.2) is 5.65 Å². The van der Waals surface area contributed by atoms with Crippen molar-refractivity contribution in [1.82, 2.24) is 14.8 Å². The molecule has 12 heteroatoms. The Morgan fingerprint density at radius 2 is 1.62 bits per heavy atom. The van der Waals surface area contributed by atoms with Gasteiger partial charge < -0.3 is 9.47 Å². The van der Waals surface area contributed by atoms with Crippen LogP contribution in [0.4, 0.5) is 10.1 Å². The van der Waals surface area contributed by atoms with E-state index in [0.717, 1.165) is 25.2 Å². The number of carbonyl (C=O) groups excluding carboxylic acids is 4. The average molecular weight is 523 g/mol. The maximum absolute atomic E-state index is 14.7. The fraction of sp³-hybridized carbons (Fsp3) is 0.120. The van der Waals surface area contributed by atoms with Crippen LogP contribution in [0, 0.1) is 12.7 Å². The van der Waals surface area contributed by atoms with Crippen molar-refractivity contribution in [1.29, 1.82) is 0 Å². The lowest BCUT2D eigenvalue weighted by Crippen LogP contribution is -2.30. The lowest BCUT2D eigenvalue weighted by molar-refractivity contribution is 0.0597. The number of pyridine rings is 1. The molecule has 0 aliphatic carbocycles. The largest absolute Gasteiger partial charge is 0.465 e. The van der Waals surface area contributed by atoms with Crippen LogP contribution in [0.15, 0.2) is 42.6 Å². The van der Waals surface area contributed by atoms with E-state index in [-0.39, 0.29) is 49.7 Å².